The van der Waals surface area contributed by atoms with Gasteiger partial charge < -0.3 is 14.6 Å². The molecule has 0 radical (unpaired) electrons. The fourth-order valence-corrected chi connectivity index (χ4v) is 2.99. The Morgan fingerprint density at radius 3 is 2.96 bits per heavy atom. The second-order valence-corrected chi connectivity index (χ2v) is 6.42. The SMILES string of the molecule is C[P+](=O)OC[C@]12CO[C@](F)([C@@H]1O)[C@H](n1cc(F)c(=O)[nH]c1=O)O2. The Kier molecular flexibility index (Phi) is 3.73. The van der Waals surface area contributed by atoms with Gasteiger partial charge in [0.05, 0.1) is 12.8 Å². The zero-order valence-electron chi connectivity index (χ0n) is 11.7. The largest absolute Gasteiger partial charge is 0.504 e. The molecule has 0 amide bonds. The van der Waals surface area contributed by atoms with Crippen LogP contribution in [0.25, 0.3) is 0 Å². The van der Waals surface area contributed by atoms with Crippen molar-refractivity contribution in [2.24, 2.45) is 0 Å². The number of aliphatic hydroxyl groups excluding tert-OH is 1. The van der Waals surface area contributed by atoms with Crippen LogP contribution >= 0.6 is 8.03 Å². The van der Waals surface area contributed by atoms with E-state index in [1.54, 1.807) is 4.98 Å². The highest BCUT2D eigenvalue weighted by Gasteiger charge is 2.73. The summed E-state index contributed by atoms with van der Waals surface area (Å²) in [5.41, 5.74) is -4.11. The predicted octanol–water partition coefficient (Wildman–Crippen LogP) is -0.611. The molecule has 0 aromatic carbocycles. The second kappa shape index (κ2) is 5.25. The summed E-state index contributed by atoms with van der Waals surface area (Å²) in [4.78, 5) is 24.4. The van der Waals surface area contributed by atoms with Gasteiger partial charge in [0.15, 0.2) is 18.4 Å². The van der Waals surface area contributed by atoms with Crippen LogP contribution in [0.2, 0.25) is 0 Å². The van der Waals surface area contributed by atoms with E-state index in [0.29, 0.717) is 10.8 Å². The smallest absolute Gasteiger partial charge is 0.384 e. The predicted molar refractivity (Wildman–Crippen MR) is 69.4 cm³/mol. The summed E-state index contributed by atoms with van der Waals surface area (Å²) in [5, 5.41) is 10.1. The van der Waals surface area contributed by atoms with Gasteiger partial charge in [-0.15, -0.1) is 4.52 Å². The van der Waals surface area contributed by atoms with Crippen molar-refractivity contribution >= 4 is 8.03 Å². The van der Waals surface area contributed by atoms with E-state index in [1.165, 1.54) is 6.66 Å². The molecule has 1 unspecified atom stereocenters. The number of rotatable bonds is 4. The summed E-state index contributed by atoms with van der Waals surface area (Å²) < 4.78 is 54.9. The van der Waals surface area contributed by atoms with Crippen molar-refractivity contribution in [2.75, 3.05) is 19.9 Å². The minimum absolute atomic E-state index is 0.412. The van der Waals surface area contributed by atoms with E-state index >= 15 is 0 Å². The number of aromatic amines is 1. The van der Waals surface area contributed by atoms with Crippen molar-refractivity contribution in [1.82, 2.24) is 9.55 Å². The molecule has 0 saturated carbocycles. The average molecular weight is 353 g/mol. The fourth-order valence-electron chi connectivity index (χ4n) is 2.59. The molecular weight excluding hydrogens is 341 g/mol. The quantitative estimate of drug-likeness (QED) is 0.693. The Hall–Kier alpha value is -1.52. The number of fused-ring (bicyclic) bond motifs is 2. The van der Waals surface area contributed by atoms with Crippen LogP contribution in [0.1, 0.15) is 6.23 Å². The van der Waals surface area contributed by atoms with Crippen LogP contribution in [0, 0.1) is 5.82 Å². The molecule has 2 N–H and O–H groups in total. The molecule has 3 rings (SSSR count). The number of H-pyrrole nitrogens is 1. The van der Waals surface area contributed by atoms with Gasteiger partial charge in [-0.05, 0) is 4.57 Å². The van der Waals surface area contributed by atoms with E-state index in [0.717, 1.165) is 0 Å². The first kappa shape index (κ1) is 16.3. The third kappa shape index (κ3) is 2.36. The lowest BCUT2D eigenvalue weighted by atomic mass is 9.99. The molecule has 1 aromatic rings. The lowest BCUT2D eigenvalue weighted by Crippen LogP contribution is -2.45. The van der Waals surface area contributed by atoms with Crippen LogP contribution in [-0.4, -0.2) is 52.1 Å². The summed E-state index contributed by atoms with van der Waals surface area (Å²) in [5.74, 6) is -4.19. The molecule has 12 heteroatoms. The van der Waals surface area contributed by atoms with Crippen LogP contribution in [0.4, 0.5) is 8.78 Å². The number of alkyl halides is 1. The normalized spacial score (nSPS) is 36.4. The highest BCUT2D eigenvalue weighted by atomic mass is 31.1. The number of halogens is 2. The molecule has 2 bridgehead atoms. The maximum absolute atomic E-state index is 14.9. The summed E-state index contributed by atoms with van der Waals surface area (Å²) in [6, 6.07) is 0. The first-order valence-corrected chi connectivity index (χ1v) is 8.05. The maximum atomic E-state index is 14.9. The van der Waals surface area contributed by atoms with E-state index in [-0.39, 0.29) is 0 Å². The van der Waals surface area contributed by atoms with Crippen molar-refractivity contribution in [3.63, 3.8) is 0 Å². The zero-order valence-corrected chi connectivity index (χ0v) is 12.6. The second-order valence-electron chi connectivity index (χ2n) is 5.28. The summed E-state index contributed by atoms with van der Waals surface area (Å²) in [7, 11) is -2.05. The van der Waals surface area contributed by atoms with Crippen LogP contribution < -0.4 is 11.2 Å². The fraction of sp³-hybridized carbons (Fsp3) is 0.636. The Bertz CT molecular complexity index is 782. The number of hydrogen-bond donors (Lipinski definition) is 2. The van der Waals surface area contributed by atoms with Crippen LogP contribution in [0.5, 0.6) is 0 Å². The summed E-state index contributed by atoms with van der Waals surface area (Å²) in [6.45, 7) is 0.388. The van der Waals surface area contributed by atoms with E-state index in [9.17, 15) is 28.0 Å². The molecule has 3 heterocycles. The number of nitrogens with one attached hydrogen (secondary N) is 1. The van der Waals surface area contributed by atoms with Gasteiger partial charge in [0, 0.05) is 0 Å². The first-order chi connectivity index (χ1) is 10.7. The molecule has 2 saturated heterocycles. The lowest BCUT2D eigenvalue weighted by Gasteiger charge is -2.30. The number of nitrogens with zero attached hydrogens (tertiary/aromatic N) is 1. The molecular formula is C11H12F2N2O7P+. The standard InChI is InChI=1S/C11H11F2N2O7P/c1-23(19)21-4-10-3-20-11(13,7(10)17)8(22-10)15-2-5(12)6(16)14-9(15)18/h2,7-8,17H,3-4H2,1H3/p+1/t7-,8-,10-,11-/m1/s1. The van der Waals surface area contributed by atoms with E-state index in [1.807, 2.05) is 0 Å². The number of aliphatic hydroxyl groups is 1. The van der Waals surface area contributed by atoms with Crippen molar-refractivity contribution in [3.8, 4) is 0 Å². The van der Waals surface area contributed by atoms with Gasteiger partial charge in [-0.1, -0.05) is 0 Å². The Morgan fingerprint density at radius 1 is 1.61 bits per heavy atom. The molecule has 2 aliphatic rings. The first-order valence-electron chi connectivity index (χ1n) is 6.43. The van der Waals surface area contributed by atoms with Crippen LogP contribution in [0.15, 0.2) is 15.8 Å². The Morgan fingerprint density at radius 2 is 2.30 bits per heavy atom. The molecule has 5 atom stereocenters. The van der Waals surface area contributed by atoms with Gasteiger partial charge in [0.2, 0.25) is 12.0 Å². The molecule has 0 aliphatic carbocycles. The van der Waals surface area contributed by atoms with Gasteiger partial charge >= 0.3 is 13.7 Å². The van der Waals surface area contributed by atoms with Gasteiger partial charge in [-0.3, -0.25) is 14.3 Å². The lowest BCUT2D eigenvalue weighted by molar-refractivity contribution is -0.261. The van der Waals surface area contributed by atoms with Gasteiger partial charge in [-0.2, -0.15) is 4.39 Å². The topological polar surface area (TPSA) is 120 Å². The molecule has 2 aliphatic heterocycles. The molecule has 23 heavy (non-hydrogen) atoms. The zero-order chi connectivity index (χ0) is 17.0. The molecule has 9 nitrogen and oxygen atoms in total. The molecule has 0 spiro atoms. The third-order valence-corrected chi connectivity index (χ3v) is 4.25. The monoisotopic (exact) mass is 353 g/mol. The van der Waals surface area contributed by atoms with E-state index < -0.39 is 62.1 Å². The van der Waals surface area contributed by atoms with Crippen molar-refractivity contribution in [1.29, 1.82) is 0 Å². The minimum Gasteiger partial charge on any atom is -0.384 e. The summed E-state index contributed by atoms with van der Waals surface area (Å²) >= 11 is 0. The number of aromatic nitrogens is 2. The number of hydrogen-bond acceptors (Lipinski definition) is 7. The third-order valence-electron chi connectivity index (χ3n) is 3.76. The van der Waals surface area contributed by atoms with Crippen LogP contribution in [-0.2, 0) is 18.6 Å². The molecule has 126 valence electrons. The van der Waals surface area contributed by atoms with Crippen LogP contribution in [0.3, 0.4) is 0 Å². The molecule has 2 fully saturated rings. The minimum atomic E-state index is -2.85. The Balaban J connectivity index is 2.00. The van der Waals surface area contributed by atoms with Crippen molar-refractivity contribution < 1.29 is 32.4 Å². The van der Waals surface area contributed by atoms with Gasteiger partial charge in [0.1, 0.15) is 6.61 Å². The van der Waals surface area contributed by atoms with Gasteiger partial charge in [-0.25, -0.2) is 9.18 Å². The maximum Gasteiger partial charge on any atom is 0.504 e. The summed E-state index contributed by atoms with van der Waals surface area (Å²) in [6.07, 6.45) is -3.25. The average Bonchev–Trinajstić information content (AvgIpc) is 2.85. The molecule has 1 aromatic heterocycles. The van der Waals surface area contributed by atoms with Crippen molar-refractivity contribution in [2.45, 2.75) is 23.8 Å². The van der Waals surface area contributed by atoms with E-state index in [4.69, 9.17) is 14.0 Å². The highest BCUT2D eigenvalue weighted by Crippen LogP contribution is 2.53. The number of ether oxygens (including phenoxy) is 2. The van der Waals surface area contributed by atoms with Crippen molar-refractivity contribution in [3.05, 3.63) is 32.9 Å². The van der Waals surface area contributed by atoms with Gasteiger partial charge in [0.25, 0.3) is 11.4 Å². The highest BCUT2D eigenvalue weighted by molar-refractivity contribution is 7.38. The Labute approximate surface area is 127 Å². The van der Waals surface area contributed by atoms with E-state index in [2.05, 4.69) is 0 Å².